The number of halogens is 1. The smallest absolute Gasteiger partial charge is 0.110 e. The number of aromatic nitrogens is 2. The van der Waals surface area contributed by atoms with Crippen molar-refractivity contribution >= 4 is 28.3 Å². The number of anilines is 1. The fourth-order valence-corrected chi connectivity index (χ4v) is 3.22. The van der Waals surface area contributed by atoms with E-state index in [9.17, 15) is 0 Å². The molecule has 4 rings (SSSR count). The van der Waals surface area contributed by atoms with Gasteiger partial charge < -0.3 is 10.1 Å². The summed E-state index contributed by atoms with van der Waals surface area (Å²) >= 11 is 6.30. The molecule has 0 radical (unpaired) electrons. The second-order valence-electron chi connectivity index (χ2n) is 5.87. The molecule has 23 heavy (non-hydrogen) atoms. The van der Waals surface area contributed by atoms with Crippen LogP contribution in [0.25, 0.3) is 11.0 Å². The van der Waals surface area contributed by atoms with Crippen LogP contribution in [0.5, 0.6) is 0 Å². The molecule has 0 bridgehead atoms. The summed E-state index contributed by atoms with van der Waals surface area (Å²) < 4.78 is 5.51. The van der Waals surface area contributed by atoms with Crippen LogP contribution < -0.4 is 5.32 Å². The van der Waals surface area contributed by atoms with Gasteiger partial charge in [-0.2, -0.15) is 0 Å². The largest absolute Gasteiger partial charge is 0.376 e. The van der Waals surface area contributed by atoms with Crippen molar-refractivity contribution in [2.24, 2.45) is 0 Å². The van der Waals surface area contributed by atoms with Gasteiger partial charge in [-0.05, 0) is 42.3 Å². The molecule has 3 aromatic rings. The van der Waals surface area contributed by atoms with Crippen molar-refractivity contribution in [3.05, 3.63) is 64.9 Å². The fourth-order valence-electron chi connectivity index (χ4n) is 3.04. The van der Waals surface area contributed by atoms with Gasteiger partial charge in [-0.3, -0.25) is 9.97 Å². The highest BCUT2D eigenvalue weighted by atomic mass is 35.5. The van der Waals surface area contributed by atoms with E-state index in [4.69, 9.17) is 16.3 Å². The number of benzene rings is 2. The first-order valence-electron chi connectivity index (χ1n) is 7.50. The van der Waals surface area contributed by atoms with Crippen molar-refractivity contribution in [2.75, 3.05) is 18.5 Å². The average molecular weight is 326 g/mol. The van der Waals surface area contributed by atoms with Gasteiger partial charge in [-0.15, -0.1) is 0 Å². The Morgan fingerprint density at radius 2 is 1.87 bits per heavy atom. The van der Waals surface area contributed by atoms with Crippen molar-refractivity contribution < 1.29 is 4.74 Å². The summed E-state index contributed by atoms with van der Waals surface area (Å²) in [4.78, 5) is 8.67. The number of hydrogen-bond acceptors (Lipinski definition) is 4. The third kappa shape index (κ3) is 2.44. The molecule has 0 aliphatic carbocycles. The number of ether oxygens (including phenoxy) is 1. The molecule has 1 fully saturated rings. The number of nitrogens with one attached hydrogen (secondary N) is 1. The minimum atomic E-state index is -0.245. The van der Waals surface area contributed by atoms with E-state index in [1.807, 2.05) is 37.3 Å². The minimum Gasteiger partial charge on any atom is -0.376 e. The van der Waals surface area contributed by atoms with Crippen LogP contribution in [-0.2, 0) is 10.3 Å². The lowest BCUT2D eigenvalue weighted by Gasteiger charge is -2.44. The quantitative estimate of drug-likeness (QED) is 0.792. The van der Waals surface area contributed by atoms with Crippen molar-refractivity contribution in [1.82, 2.24) is 9.97 Å². The van der Waals surface area contributed by atoms with Gasteiger partial charge in [0, 0.05) is 23.1 Å². The zero-order valence-corrected chi connectivity index (χ0v) is 13.5. The Morgan fingerprint density at radius 3 is 2.61 bits per heavy atom. The average Bonchev–Trinajstić information content (AvgIpc) is 2.54. The SMILES string of the molecule is Cc1c(Cl)cccc1C1(Nc2ccc3nccnc3c2)COC1. The van der Waals surface area contributed by atoms with E-state index in [1.165, 1.54) is 5.56 Å². The third-order valence-electron chi connectivity index (χ3n) is 4.33. The van der Waals surface area contributed by atoms with Crippen molar-refractivity contribution in [3.63, 3.8) is 0 Å². The van der Waals surface area contributed by atoms with Gasteiger partial charge in [0.05, 0.1) is 24.2 Å². The Hall–Kier alpha value is -2.17. The van der Waals surface area contributed by atoms with Gasteiger partial charge in [-0.25, -0.2) is 0 Å². The summed E-state index contributed by atoms with van der Waals surface area (Å²) in [5.41, 5.74) is 4.78. The molecule has 0 unspecified atom stereocenters. The molecule has 1 saturated heterocycles. The number of rotatable bonds is 3. The van der Waals surface area contributed by atoms with Crippen LogP contribution >= 0.6 is 11.6 Å². The molecule has 2 aromatic carbocycles. The van der Waals surface area contributed by atoms with E-state index in [1.54, 1.807) is 12.4 Å². The Bertz CT molecular complexity index is 877. The van der Waals surface area contributed by atoms with E-state index in [0.717, 1.165) is 27.3 Å². The van der Waals surface area contributed by atoms with Gasteiger partial charge in [-0.1, -0.05) is 23.7 Å². The third-order valence-corrected chi connectivity index (χ3v) is 4.74. The summed E-state index contributed by atoms with van der Waals surface area (Å²) in [6, 6.07) is 12.0. The van der Waals surface area contributed by atoms with Crippen LogP contribution in [-0.4, -0.2) is 23.2 Å². The van der Waals surface area contributed by atoms with Crippen molar-refractivity contribution in [3.8, 4) is 0 Å². The van der Waals surface area contributed by atoms with E-state index in [-0.39, 0.29) is 5.54 Å². The summed E-state index contributed by atoms with van der Waals surface area (Å²) in [7, 11) is 0. The molecule has 0 spiro atoms. The second-order valence-corrected chi connectivity index (χ2v) is 6.28. The molecule has 1 N–H and O–H groups in total. The zero-order valence-electron chi connectivity index (χ0n) is 12.7. The van der Waals surface area contributed by atoms with Crippen LogP contribution in [0, 0.1) is 6.92 Å². The van der Waals surface area contributed by atoms with Gasteiger partial charge in [0.2, 0.25) is 0 Å². The zero-order chi connectivity index (χ0) is 15.9. The van der Waals surface area contributed by atoms with E-state index < -0.39 is 0 Å². The van der Waals surface area contributed by atoms with E-state index in [0.29, 0.717) is 13.2 Å². The molecule has 0 amide bonds. The monoisotopic (exact) mass is 325 g/mol. The Balaban J connectivity index is 1.73. The molecular formula is C18H16ClN3O. The van der Waals surface area contributed by atoms with Crippen molar-refractivity contribution in [1.29, 1.82) is 0 Å². The Morgan fingerprint density at radius 1 is 1.09 bits per heavy atom. The highest BCUT2D eigenvalue weighted by Crippen LogP contribution is 2.37. The molecule has 0 saturated carbocycles. The Labute approximate surface area is 139 Å². The van der Waals surface area contributed by atoms with Gasteiger partial charge in [0.25, 0.3) is 0 Å². The highest BCUT2D eigenvalue weighted by molar-refractivity contribution is 6.31. The molecular weight excluding hydrogens is 310 g/mol. The molecule has 5 heteroatoms. The predicted molar refractivity (Wildman–Crippen MR) is 91.8 cm³/mol. The lowest BCUT2D eigenvalue weighted by atomic mass is 9.84. The van der Waals surface area contributed by atoms with Gasteiger partial charge in [0.1, 0.15) is 5.54 Å². The maximum absolute atomic E-state index is 6.30. The molecule has 2 heterocycles. The Kier molecular flexibility index (Phi) is 3.43. The maximum Gasteiger partial charge on any atom is 0.110 e. The molecule has 116 valence electrons. The summed E-state index contributed by atoms with van der Waals surface area (Å²) in [6.07, 6.45) is 3.40. The van der Waals surface area contributed by atoms with Crippen molar-refractivity contribution in [2.45, 2.75) is 12.5 Å². The topological polar surface area (TPSA) is 47.0 Å². The molecule has 1 aromatic heterocycles. The van der Waals surface area contributed by atoms with Gasteiger partial charge >= 0.3 is 0 Å². The van der Waals surface area contributed by atoms with E-state index in [2.05, 4.69) is 21.4 Å². The lowest BCUT2D eigenvalue weighted by Crippen LogP contribution is -2.53. The highest BCUT2D eigenvalue weighted by Gasteiger charge is 2.41. The first-order valence-corrected chi connectivity index (χ1v) is 7.88. The van der Waals surface area contributed by atoms with Gasteiger partial charge in [0.15, 0.2) is 0 Å². The number of fused-ring (bicyclic) bond motifs is 1. The molecule has 0 atom stereocenters. The molecule has 1 aliphatic rings. The first kappa shape index (κ1) is 14.4. The maximum atomic E-state index is 6.30. The fraction of sp³-hybridized carbons (Fsp3) is 0.222. The number of hydrogen-bond donors (Lipinski definition) is 1. The van der Waals surface area contributed by atoms with Crippen LogP contribution in [0.2, 0.25) is 5.02 Å². The molecule has 4 nitrogen and oxygen atoms in total. The second kappa shape index (κ2) is 5.48. The van der Waals surface area contributed by atoms with Crippen LogP contribution in [0.1, 0.15) is 11.1 Å². The summed E-state index contributed by atoms with van der Waals surface area (Å²) in [6.45, 7) is 3.28. The van der Waals surface area contributed by atoms with E-state index >= 15 is 0 Å². The minimum absolute atomic E-state index is 0.245. The van der Waals surface area contributed by atoms with Crippen LogP contribution in [0.3, 0.4) is 0 Å². The standard InChI is InChI=1S/C18H16ClN3O/c1-12-14(3-2-4-15(12)19)18(10-23-11-18)22-13-5-6-16-17(9-13)21-8-7-20-16/h2-9,22H,10-11H2,1H3. The predicted octanol–water partition coefficient (Wildman–Crippen LogP) is 3.93. The first-order chi connectivity index (χ1) is 11.2. The van der Waals surface area contributed by atoms with Crippen LogP contribution in [0.15, 0.2) is 48.8 Å². The van der Waals surface area contributed by atoms with Crippen LogP contribution in [0.4, 0.5) is 5.69 Å². The summed E-state index contributed by atoms with van der Waals surface area (Å²) in [5.74, 6) is 0. The summed E-state index contributed by atoms with van der Waals surface area (Å²) in [5, 5.41) is 4.39. The molecule has 1 aliphatic heterocycles. The normalized spacial score (nSPS) is 16.1. The lowest BCUT2D eigenvalue weighted by molar-refractivity contribution is -0.0449. The number of nitrogens with zero attached hydrogens (tertiary/aromatic N) is 2.